The van der Waals surface area contributed by atoms with Gasteiger partial charge in [-0.3, -0.25) is 4.79 Å². The van der Waals surface area contributed by atoms with Gasteiger partial charge in [-0.1, -0.05) is 48.0 Å². The maximum Gasteiger partial charge on any atom is 0.193 e. The quantitative estimate of drug-likeness (QED) is 0.847. The molecule has 0 amide bonds. The number of ketones is 1. The number of carbonyl (C=O) groups excluding carboxylic acids is 1. The Labute approximate surface area is 118 Å². The molecule has 0 fully saturated rings. The Morgan fingerprint density at radius 1 is 1.16 bits per heavy atom. The molecule has 0 heterocycles. The van der Waals surface area contributed by atoms with Crippen molar-refractivity contribution in [2.75, 3.05) is 13.6 Å². The molecule has 0 unspecified atom stereocenters. The van der Waals surface area contributed by atoms with Crippen LogP contribution in [0.2, 0.25) is 5.02 Å². The summed E-state index contributed by atoms with van der Waals surface area (Å²) >= 11 is 5.94. The van der Waals surface area contributed by atoms with E-state index in [1.807, 2.05) is 31.3 Å². The van der Waals surface area contributed by atoms with Gasteiger partial charge in [0.05, 0.1) is 0 Å². The van der Waals surface area contributed by atoms with Gasteiger partial charge in [-0.15, -0.1) is 0 Å². The van der Waals surface area contributed by atoms with Crippen LogP contribution in [0.25, 0.3) is 0 Å². The summed E-state index contributed by atoms with van der Waals surface area (Å²) in [5.74, 6) is 0.0224. The van der Waals surface area contributed by atoms with Crippen LogP contribution in [0.15, 0.2) is 48.5 Å². The van der Waals surface area contributed by atoms with E-state index in [1.165, 1.54) is 0 Å². The number of benzene rings is 2. The van der Waals surface area contributed by atoms with Gasteiger partial charge in [0.1, 0.15) is 0 Å². The third-order valence-corrected chi connectivity index (χ3v) is 3.23. The number of carbonyl (C=O) groups is 1. The van der Waals surface area contributed by atoms with Gasteiger partial charge in [0.25, 0.3) is 0 Å². The van der Waals surface area contributed by atoms with Crippen molar-refractivity contribution in [2.45, 2.75) is 6.42 Å². The topological polar surface area (TPSA) is 29.1 Å². The minimum atomic E-state index is 0.0224. The number of nitrogens with one attached hydrogen (secondary N) is 1. The smallest absolute Gasteiger partial charge is 0.193 e. The van der Waals surface area contributed by atoms with Gasteiger partial charge in [0, 0.05) is 16.1 Å². The molecule has 19 heavy (non-hydrogen) atoms. The molecule has 0 atom stereocenters. The lowest BCUT2D eigenvalue weighted by molar-refractivity contribution is 0.103. The molecule has 2 nitrogen and oxygen atoms in total. The molecule has 0 saturated heterocycles. The Balaban J connectivity index is 2.33. The first-order valence-corrected chi connectivity index (χ1v) is 6.63. The van der Waals surface area contributed by atoms with Gasteiger partial charge in [-0.2, -0.15) is 0 Å². The van der Waals surface area contributed by atoms with Crippen LogP contribution < -0.4 is 5.32 Å². The summed E-state index contributed by atoms with van der Waals surface area (Å²) in [5, 5.41) is 3.68. The lowest BCUT2D eigenvalue weighted by Gasteiger charge is -2.08. The van der Waals surface area contributed by atoms with Crippen LogP contribution in [-0.2, 0) is 6.42 Å². The van der Waals surface area contributed by atoms with E-state index in [0.29, 0.717) is 10.6 Å². The zero-order valence-corrected chi connectivity index (χ0v) is 11.6. The Morgan fingerprint density at radius 3 is 2.68 bits per heavy atom. The summed E-state index contributed by atoms with van der Waals surface area (Å²) in [6, 6.07) is 14.8. The molecule has 0 aliphatic carbocycles. The van der Waals surface area contributed by atoms with Gasteiger partial charge in [0.15, 0.2) is 5.78 Å². The summed E-state index contributed by atoms with van der Waals surface area (Å²) in [5.41, 5.74) is 2.44. The molecule has 3 heteroatoms. The predicted molar refractivity (Wildman–Crippen MR) is 79.0 cm³/mol. The molecule has 0 aliphatic rings. The molecular weight excluding hydrogens is 258 g/mol. The average molecular weight is 274 g/mol. The molecule has 0 radical (unpaired) electrons. The fourth-order valence-electron chi connectivity index (χ4n) is 2.00. The van der Waals surface area contributed by atoms with Gasteiger partial charge in [0.2, 0.25) is 0 Å². The minimum absolute atomic E-state index is 0.0224. The van der Waals surface area contributed by atoms with E-state index in [9.17, 15) is 4.79 Å². The molecule has 0 saturated carbocycles. The SMILES string of the molecule is CNCCc1ccccc1C(=O)c1cccc(Cl)c1. The fourth-order valence-corrected chi connectivity index (χ4v) is 2.20. The number of likely N-dealkylation sites (N-methyl/N-ethyl adjacent to an activating group) is 1. The lowest BCUT2D eigenvalue weighted by Crippen LogP contribution is -2.13. The van der Waals surface area contributed by atoms with Crippen LogP contribution in [0.5, 0.6) is 0 Å². The van der Waals surface area contributed by atoms with Crippen molar-refractivity contribution in [1.29, 1.82) is 0 Å². The summed E-state index contributed by atoms with van der Waals surface area (Å²) in [6.07, 6.45) is 0.832. The molecule has 0 bridgehead atoms. The van der Waals surface area contributed by atoms with E-state index in [1.54, 1.807) is 24.3 Å². The van der Waals surface area contributed by atoms with E-state index in [0.717, 1.165) is 24.1 Å². The first-order chi connectivity index (χ1) is 9.22. The first-order valence-electron chi connectivity index (χ1n) is 6.25. The van der Waals surface area contributed by atoms with Gasteiger partial charge < -0.3 is 5.32 Å². The highest BCUT2D eigenvalue weighted by Crippen LogP contribution is 2.18. The van der Waals surface area contributed by atoms with E-state index in [4.69, 9.17) is 11.6 Å². The van der Waals surface area contributed by atoms with Crippen molar-refractivity contribution < 1.29 is 4.79 Å². The van der Waals surface area contributed by atoms with Crippen molar-refractivity contribution in [1.82, 2.24) is 5.32 Å². The predicted octanol–water partition coefficient (Wildman–Crippen LogP) is 3.33. The molecule has 2 aromatic rings. The van der Waals surface area contributed by atoms with E-state index in [2.05, 4.69) is 5.32 Å². The van der Waals surface area contributed by atoms with Crippen LogP contribution in [0.4, 0.5) is 0 Å². The van der Waals surface area contributed by atoms with E-state index in [-0.39, 0.29) is 5.78 Å². The molecule has 1 N–H and O–H groups in total. The average Bonchev–Trinajstić information content (AvgIpc) is 2.44. The summed E-state index contributed by atoms with van der Waals surface area (Å²) < 4.78 is 0. The first kappa shape index (κ1) is 13.8. The van der Waals surface area contributed by atoms with E-state index < -0.39 is 0 Å². The standard InChI is InChI=1S/C16H16ClNO/c1-18-10-9-12-5-2-3-8-15(12)16(19)13-6-4-7-14(17)11-13/h2-8,11,18H,9-10H2,1H3. The summed E-state index contributed by atoms with van der Waals surface area (Å²) in [6.45, 7) is 0.847. The van der Waals surface area contributed by atoms with Gasteiger partial charge in [-0.05, 0) is 37.7 Å². The number of hydrogen-bond donors (Lipinski definition) is 1. The highest BCUT2D eigenvalue weighted by atomic mass is 35.5. The highest BCUT2D eigenvalue weighted by Gasteiger charge is 2.13. The van der Waals surface area contributed by atoms with Crippen molar-refractivity contribution in [3.05, 3.63) is 70.2 Å². The van der Waals surface area contributed by atoms with Gasteiger partial charge in [-0.25, -0.2) is 0 Å². The van der Waals surface area contributed by atoms with Crippen molar-refractivity contribution in [3.63, 3.8) is 0 Å². The zero-order chi connectivity index (χ0) is 13.7. The molecule has 0 aromatic heterocycles. The Bertz CT molecular complexity index is 580. The second-order valence-corrected chi connectivity index (χ2v) is 4.79. The van der Waals surface area contributed by atoms with Crippen LogP contribution in [0, 0.1) is 0 Å². The van der Waals surface area contributed by atoms with Crippen LogP contribution >= 0.6 is 11.6 Å². The maximum atomic E-state index is 12.5. The van der Waals surface area contributed by atoms with Crippen LogP contribution in [-0.4, -0.2) is 19.4 Å². The van der Waals surface area contributed by atoms with Crippen LogP contribution in [0.1, 0.15) is 21.5 Å². The molecule has 2 rings (SSSR count). The molecule has 0 spiro atoms. The third kappa shape index (κ3) is 3.43. The summed E-state index contributed by atoms with van der Waals surface area (Å²) in [4.78, 5) is 12.5. The maximum absolute atomic E-state index is 12.5. The normalized spacial score (nSPS) is 10.4. The Morgan fingerprint density at radius 2 is 1.95 bits per heavy atom. The molecule has 0 aliphatic heterocycles. The molecular formula is C16H16ClNO. The number of rotatable bonds is 5. The van der Waals surface area contributed by atoms with Crippen molar-refractivity contribution in [3.8, 4) is 0 Å². The summed E-state index contributed by atoms with van der Waals surface area (Å²) in [7, 11) is 1.90. The Hall–Kier alpha value is -1.64. The number of hydrogen-bond acceptors (Lipinski definition) is 2. The minimum Gasteiger partial charge on any atom is -0.319 e. The highest BCUT2D eigenvalue weighted by molar-refractivity contribution is 6.31. The Kier molecular flexibility index (Phi) is 4.72. The van der Waals surface area contributed by atoms with Crippen molar-refractivity contribution >= 4 is 17.4 Å². The fraction of sp³-hybridized carbons (Fsp3) is 0.188. The monoisotopic (exact) mass is 273 g/mol. The van der Waals surface area contributed by atoms with Crippen molar-refractivity contribution in [2.24, 2.45) is 0 Å². The second-order valence-electron chi connectivity index (χ2n) is 4.35. The van der Waals surface area contributed by atoms with Gasteiger partial charge >= 0.3 is 0 Å². The van der Waals surface area contributed by atoms with E-state index >= 15 is 0 Å². The number of halogens is 1. The third-order valence-electron chi connectivity index (χ3n) is 2.99. The lowest BCUT2D eigenvalue weighted by atomic mass is 9.97. The van der Waals surface area contributed by atoms with Crippen LogP contribution in [0.3, 0.4) is 0 Å². The second kappa shape index (κ2) is 6.50. The zero-order valence-electron chi connectivity index (χ0n) is 10.8. The molecule has 98 valence electrons. The molecule has 2 aromatic carbocycles. The largest absolute Gasteiger partial charge is 0.319 e.